The van der Waals surface area contributed by atoms with Crippen molar-refractivity contribution in [3.05, 3.63) is 0 Å². The number of nitrogens with one attached hydrogen (secondary N) is 4. The first-order valence-corrected chi connectivity index (χ1v) is 12.5. The number of rotatable bonds is 16. The molecule has 0 aliphatic heterocycles. The molecule has 0 bridgehead atoms. The molecule has 0 heterocycles. The Bertz CT molecular complexity index is 728. The number of thioether (sulfide) groups is 1. The molecule has 0 aliphatic carbocycles. The summed E-state index contributed by atoms with van der Waals surface area (Å²) in [6, 6.07) is -3.43. The fraction of sp³-hybridized carbons (Fsp3) is 0.714. The van der Waals surface area contributed by atoms with Gasteiger partial charge in [0.2, 0.25) is 23.6 Å². The van der Waals surface area contributed by atoms with Gasteiger partial charge in [-0.05, 0) is 44.1 Å². The standard InChI is InChI=1S/C21H39N7O5S/c1-12(2)17(26-14(4)30)20(33)28-15(7-6-9-24-21(22)23)19(32)27-16(8-10-34-5)18(31)25-13(3)11-29/h11-13,15-17H,6-10H2,1-5H3,(H,25,31)(H,26,30)(H,27,32)(H,28,33)(H4,22,23,24)/t13-,15-,16-,17-/m0/s1. The highest BCUT2D eigenvalue weighted by molar-refractivity contribution is 7.98. The highest BCUT2D eigenvalue weighted by Crippen LogP contribution is 2.07. The van der Waals surface area contributed by atoms with E-state index < -0.39 is 41.9 Å². The largest absolute Gasteiger partial charge is 0.370 e. The number of nitrogens with zero attached hydrogens (tertiary/aromatic N) is 1. The summed E-state index contributed by atoms with van der Waals surface area (Å²) in [7, 11) is 0. The average molecular weight is 502 g/mol. The normalized spacial score (nSPS) is 14.2. The van der Waals surface area contributed by atoms with Crippen LogP contribution >= 0.6 is 11.8 Å². The molecule has 0 aliphatic rings. The van der Waals surface area contributed by atoms with E-state index in [-0.39, 0.29) is 30.8 Å². The second-order valence-electron chi connectivity index (χ2n) is 8.21. The van der Waals surface area contributed by atoms with Crippen LogP contribution in [0.2, 0.25) is 0 Å². The molecular formula is C21H39N7O5S. The number of carbonyl (C=O) groups excluding carboxylic acids is 5. The Morgan fingerprint density at radius 2 is 1.47 bits per heavy atom. The van der Waals surface area contributed by atoms with Gasteiger partial charge in [0.05, 0.1) is 6.04 Å². The fourth-order valence-corrected chi connectivity index (χ4v) is 3.40. The zero-order chi connectivity index (χ0) is 26.3. The van der Waals surface area contributed by atoms with Crippen LogP contribution < -0.4 is 32.7 Å². The Morgan fingerprint density at radius 3 is 1.97 bits per heavy atom. The highest BCUT2D eigenvalue weighted by Gasteiger charge is 2.30. The molecule has 0 spiro atoms. The average Bonchev–Trinajstić information content (AvgIpc) is 2.75. The van der Waals surface area contributed by atoms with Gasteiger partial charge in [-0.25, -0.2) is 0 Å². The second-order valence-corrected chi connectivity index (χ2v) is 9.19. The maximum atomic E-state index is 13.1. The monoisotopic (exact) mass is 501 g/mol. The van der Waals surface area contributed by atoms with Gasteiger partial charge in [0, 0.05) is 13.5 Å². The van der Waals surface area contributed by atoms with Crippen LogP contribution in [0.15, 0.2) is 4.99 Å². The summed E-state index contributed by atoms with van der Waals surface area (Å²) in [4.78, 5) is 64.8. The van der Waals surface area contributed by atoms with Crippen LogP contribution in [0.3, 0.4) is 0 Å². The Morgan fingerprint density at radius 1 is 0.912 bits per heavy atom. The molecule has 0 saturated heterocycles. The predicted octanol–water partition coefficient (Wildman–Crippen LogP) is -1.37. The van der Waals surface area contributed by atoms with Crippen molar-refractivity contribution in [2.24, 2.45) is 22.4 Å². The van der Waals surface area contributed by atoms with Crippen molar-refractivity contribution in [2.45, 2.75) is 71.1 Å². The maximum absolute atomic E-state index is 13.1. The lowest BCUT2D eigenvalue weighted by atomic mass is 10.0. The van der Waals surface area contributed by atoms with E-state index >= 15 is 0 Å². The summed E-state index contributed by atoms with van der Waals surface area (Å²) in [5.41, 5.74) is 10.7. The molecular weight excluding hydrogens is 462 g/mol. The molecule has 0 unspecified atom stereocenters. The SMILES string of the molecule is CSCC[C@H](NC(=O)[C@H](CCCN=C(N)N)NC(=O)[C@@H](NC(C)=O)C(C)C)C(=O)N[C@@H](C)C=O. The van der Waals surface area contributed by atoms with Crippen LogP contribution in [-0.4, -0.2) is 78.6 Å². The molecule has 0 aromatic carbocycles. The van der Waals surface area contributed by atoms with Crippen molar-refractivity contribution in [3.8, 4) is 0 Å². The Hall–Kier alpha value is -2.83. The smallest absolute Gasteiger partial charge is 0.243 e. The minimum atomic E-state index is -0.996. The first-order valence-electron chi connectivity index (χ1n) is 11.1. The van der Waals surface area contributed by atoms with E-state index in [9.17, 15) is 24.0 Å². The number of carbonyl (C=O) groups is 5. The molecule has 0 rings (SSSR count). The highest BCUT2D eigenvalue weighted by atomic mass is 32.2. The van der Waals surface area contributed by atoms with E-state index in [2.05, 4.69) is 26.3 Å². The van der Waals surface area contributed by atoms with Gasteiger partial charge in [0.15, 0.2) is 5.96 Å². The molecule has 4 amide bonds. The van der Waals surface area contributed by atoms with Crippen LogP contribution in [0.4, 0.5) is 0 Å². The number of hydrogen-bond acceptors (Lipinski definition) is 7. The van der Waals surface area contributed by atoms with E-state index in [1.807, 2.05) is 6.26 Å². The Kier molecular flexibility index (Phi) is 15.3. The van der Waals surface area contributed by atoms with Crippen molar-refractivity contribution in [2.75, 3.05) is 18.6 Å². The number of amides is 4. The maximum Gasteiger partial charge on any atom is 0.243 e. The Labute approximate surface area is 205 Å². The van der Waals surface area contributed by atoms with Gasteiger partial charge in [-0.15, -0.1) is 0 Å². The zero-order valence-corrected chi connectivity index (χ0v) is 21.4. The van der Waals surface area contributed by atoms with Gasteiger partial charge >= 0.3 is 0 Å². The predicted molar refractivity (Wildman–Crippen MR) is 133 cm³/mol. The van der Waals surface area contributed by atoms with Gasteiger partial charge in [0.1, 0.15) is 24.4 Å². The third-order valence-corrected chi connectivity index (χ3v) is 5.35. The van der Waals surface area contributed by atoms with Gasteiger partial charge in [-0.2, -0.15) is 11.8 Å². The summed E-state index contributed by atoms with van der Waals surface area (Å²) >= 11 is 1.50. The van der Waals surface area contributed by atoms with E-state index in [1.54, 1.807) is 13.8 Å². The number of guanidine groups is 1. The van der Waals surface area contributed by atoms with Crippen LogP contribution in [0.1, 0.15) is 47.0 Å². The van der Waals surface area contributed by atoms with Crippen LogP contribution in [-0.2, 0) is 24.0 Å². The van der Waals surface area contributed by atoms with Crippen LogP contribution in [0, 0.1) is 5.92 Å². The van der Waals surface area contributed by atoms with Crippen LogP contribution in [0.5, 0.6) is 0 Å². The molecule has 0 radical (unpaired) electrons. The Balaban J connectivity index is 5.59. The molecule has 0 fully saturated rings. The summed E-state index contributed by atoms with van der Waals surface area (Å²) < 4.78 is 0. The number of aliphatic imine (C=N–C) groups is 1. The number of aldehydes is 1. The summed E-state index contributed by atoms with van der Waals surface area (Å²) in [5, 5.41) is 10.5. The summed E-state index contributed by atoms with van der Waals surface area (Å²) in [5.74, 6) is -1.68. The third kappa shape index (κ3) is 13.0. The quantitative estimate of drug-likeness (QED) is 0.0644. The third-order valence-electron chi connectivity index (χ3n) is 4.70. The van der Waals surface area contributed by atoms with Crippen molar-refractivity contribution in [1.29, 1.82) is 0 Å². The molecule has 4 atom stereocenters. The van der Waals surface area contributed by atoms with E-state index in [4.69, 9.17) is 11.5 Å². The summed E-state index contributed by atoms with van der Waals surface area (Å²) in [6.45, 7) is 6.61. The van der Waals surface area contributed by atoms with E-state index in [1.165, 1.54) is 25.6 Å². The second kappa shape index (κ2) is 16.7. The van der Waals surface area contributed by atoms with Gasteiger partial charge in [-0.3, -0.25) is 24.2 Å². The fourth-order valence-electron chi connectivity index (χ4n) is 2.92. The van der Waals surface area contributed by atoms with Crippen molar-refractivity contribution >= 4 is 47.6 Å². The van der Waals surface area contributed by atoms with Gasteiger partial charge < -0.3 is 37.5 Å². The molecule has 194 valence electrons. The lowest BCUT2D eigenvalue weighted by Crippen LogP contribution is -2.58. The minimum Gasteiger partial charge on any atom is -0.370 e. The van der Waals surface area contributed by atoms with E-state index in [0.717, 1.165) is 0 Å². The molecule has 12 nitrogen and oxygen atoms in total. The van der Waals surface area contributed by atoms with E-state index in [0.29, 0.717) is 24.9 Å². The molecule has 0 saturated carbocycles. The summed E-state index contributed by atoms with van der Waals surface area (Å²) in [6.07, 6.45) is 3.37. The number of nitrogens with two attached hydrogens (primary N) is 2. The van der Waals surface area contributed by atoms with Crippen molar-refractivity contribution < 1.29 is 24.0 Å². The van der Waals surface area contributed by atoms with Crippen molar-refractivity contribution in [1.82, 2.24) is 21.3 Å². The zero-order valence-electron chi connectivity index (χ0n) is 20.6. The van der Waals surface area contributed by atoms with Gasteiger partial charge in [0.25, 0.3) is 0 Å². The molecule has 0 aromatic heterocycles. The van der Waals surface area contributed by atoms with Gasteiger partial charge in [-0.1, -0.05) is 13.8 Å². The first kappa shape index (κ1) is 31.2. The molecule has 0 aromatic rings. The first-order chi connectivity index (χ1) is 15.9. The topological polar surface area (TPSA) is 198 Å². The molecule has 8 N–H and O–H groups in total. The number of hydrogen-bond donors (Lipinski definition) is 6. The van der Waals surface area contributed by atoms with Crippen molar-refractivity contribution in [3.63, 3.8) is 0 Å². The molecule has 13 heteroatoms. The molecule has 34 heavy (non-hydrogen) atoms. The minimum absolute atomic E-state index is 0.0892. The lowest BCUT2D eigenvalue weighted by molar-refractivity contribution is -0.134. The lowest BCUT2D eigenvalue weighted by Gasteiger charge is -2.26. The van der Waals surface area contributed by atoms with Crippen LogP contribution in [0.25, 0.3) is 0 Å².